The Bertz CT molecular complexity index is 365. The zero-order valence-electron chi connectivity index (χ0n) is 13.8. The summed E-state index contributed by atoms with van der Waals surface area (Å²) in [5.74, 6) is -0.287. The van der Waals surface area contributed by atoms with Crippen LogP contribution in [0.15, 0.2) is 0 Å². The molecule has 0 aliphatic carbocycles. The number of nitrogens with zero attached hydrogens (tertiary/aromatic N) is 1. The highest BCUT2D eigenvalue weighted by molar-refractivity contribution is 5.82. The predicted molar refractivity (Wildman–Crippen MR) is 82.5 cm³/mol. The van der Waals surface area contributed by atoms with Gasteiger partial charge >= 0.3 is 0 Å². The van der Waals surface area contributed by atoms with E-state index >= 15 is 0 Å². The second-order valence-corrected chi connectivity index (χ2v) is 5.93. The molecule has 0 aromatic heterocycles. The van der Waals surface area contributed by atoms with Gasteiger partial charge in [-0.3, -0.25) is 14.4 Å². The van der Waals surface area contributed by atoms with E-state index in [0.717, 1.165) is 0 Å². The zero-order chi connectivity index (χ0) is 16.6. The number of hydrogen-bond donors (Lipinski definition) is 2. The highest BCUT2D eigenvalue weighted by Gasteiger charge is 2.19. The highest BCUT2D eigenvalue weighted by Crippen LogP contribution is 2.05. The Morgan fingerprint density at radius 3 is 2.00 bits per heavy atom. The third kappa shape index (κ3) is 7.80. The summed E-state index contributed by atoms with van der Waals surface area (Å²) in [6, 6.07) is -0.568. The van der Waals surface area contributed by atoms with Crippen molar-refractivity contribution >= 4 is 17.6 Å². The van der Waals surface area contributed by atoms with Crippen LogP contribution in [0, 0.1) is 11.8 Å². The first-order valence-corrected chi connectivity index (χ1v) is 7.51. The summed E-state index contributed by atoms with van der Waals surface area (Å²) in [5.41, 5.74) is 5.46. The molecular formula is C15H29N3O3. The molecule has 0 saturated carbocycles. The number of nitrogens with two attached hydrogens (primary N) is 1. The summed E-state index contributed by atoms with van der Waals surface area (Å²) in [6.07, 6.45) is 0.345. The number of Topliss-reactive ketones (excluding diaryl/α,β-unsaturated/α-hetero) is 1. The van der Waals surface area contributed by atoms with Crippen LogP contribution in [-0.4, -0.2) is 48.2 Å². The molecule has 3 N–H and O–H groups in total. The third-order valence-electron chi connectivity index (χ3n) is 3.17. The normalized spacial score (nSPS) is 12.4. The van der Waals surface area contributed by atoms with E-state index in [4.69, 9.17) is 5.73 Å². The fourth-order valence-electron chi connectivity index (χ4n) is 1.71. The van der Waals surface area contributed by atoms with Crippen molar-refractivity contribution in [3.63, 3.8) is 0 Å². The van der Waals surface area contributed by atoms with E-state index in [0.29, 0.717) is 26.1 Å². The van der Waals surface area contributed by atoms with E-state index in [2.05, 4.69) is 5.32 Å². The summed E-state index contributed by atoms with van der Waals surface area (Å²) < 4.78 is 0. The highest BCUT2D eigenvalue weighted by atomic mass is 16.2. The van der Waals surface area contributed by atoms with Crippen LogP contribution in [-0.2, 0) is 14.4 Å². The predicted octanol–water partition coefficient (Wildman–Crippen LogP) is 0.550. The van der Waals surface area contributed by atoms with E-state index < -0.39 is 6.04 Å². The second-order valence-electron chi connectivity index (χ2n) is 5.93. The molecule has 6 nitrogen and oxygen atoms in total. The molecule has 0 aromatic carbocycles. The Labute approximate surface area is 127 Å². The van der Waals surface area contributed by atoms with Gasteiger partial charge in [-0.15, -0.1) is 0 Å². The minimum absolute atomic E-state index is 0.0124. The largest absolute Gasteiger partial charge is 0.353 e. The molecule has 0 fully saturated rings. The number of nitrogens with one attached hydrogen (secondary N) is 1. The smallest absolute Gasteiger partial charge is 0.236 e. The summed E-state index contributed by atoms with van der Waals surface area (Å²) in [4.78, 5) is 36.8. The van der Waals surface area contributed by atoms with Crippen molar-refractivity contribution in [2.45, 2.75) is 47.1 Å². The van der Waals surface area contributed by atoms with Crippen molar-refractivity contribution in [3.05, 3.63) is 0 Å². The number of carbonyl (C=O) groups excluding carboxylic acids is 3. The molecule has 0 aliphatic heterocycles. The Hall–Kier alpha value is -1.43. The van der Waals surface area contributed by atoms with Crippen LogP contribution in [0.25, 0.3) is 0 Å². The fraction of sp³-hybridized carbons (Fsp3) is 0.800. The molecule has 0 aromatic rings. The topological polar surface area (TPSA) is 92.5 Å². The van der Waals surface area contributed by atoms with Crippen LogP contribution in [0.3, 0.4) is 0 Å². The van der Waals surface area contributed by atoms with Crippen LogP contribution in [0.4, 0.5) is 0 Å². The minimum atomic E-state index is -0.568. The van der Waals surface area contributed by atoms with Gasteiger partial charge in [-0.25, -0.2) is 0 Å². The van der Waals surface area contributed by atoms with Crippen LogP contribution in [0.1, 0.15) is 41.0 Å². The van der Waals surface area contributed by atoms with Gasteiger partial charge in [0.2, 0.25) is 11.8 Å². The molecule has 1 atom stereocenters. The Morgan fingerprint density at radius 1 is 1.00 bits per heavy atom. The van der Waals surface area contributed by atoms with Gasteiger partial charge in [-0.2, -0.15) is 0 Å². The lowest BCUT2D eigenvalue weighted by Gasteiger charge is -2.25. The van der Waals surface area contributed by atoms with Gasteiger partial charge in [0.15, 0.2) is 0 Å². The van der Waals surface area contributed by atoms with E-state index in [-0.39, 0.29) is 29.4 Å². The van der Waals surface area contributed by atoms with Crippen LogP contribution < -0.4 is 11.1 Å². The Balaban J connectivity index is 4.44. The maximum atomic E-state index is 12.1. The summed E-state index contributed by atoms with van der Waals surface area (Å²) in [7, 11) is 0. The van der Waals surface area contributed by atoms with E-state index in [1.165, 1.54) is 0 Å². The summed E-state index contributed by atoms with van der Waals surface area (Å²) in [6.45, 7) is 10.1. The maximum Gasteiger partial charge on any atom is 0.236 e. The molecule has 0 saturated heterocycles. The van der Waals surface area contributed by atoms with Crippen LogP contribution in [0.5, 0.6) is 0 Å². The van der Waals surface area contributed by atoms with E-state index in [1.807, 2.05) is 27.7 Å². The molecule has 0 heterocycles. The van der Waals surface area contributed by atoms with Crippen LogP contribution in [0.2, 0.25) is 0 Å². The van der Waals surface area contributed by atoms with Gasteiger partial charge in [0, 0.05) is 37.9 Å². The molecule has 122 valence electrons. The fourth-order valence-corrected chi connectivity index (χ4v) is 1.71. The van der Waals surface area contributed by atoms with E-state index in [1.54, 1.807) is 11.8 Å². The first-order valence-electron chi connectivity index (χ1n) is 7.51. The first-order chi connectivity index (χ1) is 9.66. The molecular weight excluding hydrogens is 270 g/mol. The molecule has 0 radical (unpaired) electrons. The van der Waals surface area contributed by atoms with Gasteiger partial charge in [0.25, 0.3) is 0 Å². The van der Waals surface area contributed by atoms with Crippen LogP contribution >= 0.6 is 0 Å². The number of ketones is 1. The maximum absolute atomic E-state index is 12.1. The van der Waals surface area contributed by atoms with Gasteiger partial charge in [0.1, 0.15) is 5.78 Å². The SMILES string of the molecule is CC(C)C(=O)CCN(CCNC(=O)[C@H](C)N)C(=O)C(C)C. The summed E-state index contributed by atoms with van der Waals surface area (Å²) >= 11 is 0. The number of amides is 2. The first kappa shape index (κ1) is 19.6. The Kier molecular flexibility index (Phi) is 8.85. The second kappa shape index (κ2) is 9.50. The molecule has 0 aliphatic rings. The van der Waals surface area contributed by atoms with Crippen molar-refractivity contribution < 1.29 is 14.4 Å². The lowest BCUT2D eigenvalue weighted by atomic mass is 10.1. The zero-order valence-corrected chi connectivity index (χ0v) is 13.8. The number of carbonyl (C=O) groups is 3. The standard InChI is InChI=1S/C15H29N3O3/c1-10(2)13(19)6-8-18(15(21)11(3)4)9-7-17-14(20)12(5)16/h10-12H,6-9,16H2,1-5H3,(H,17,20)/t12-/m0/s1. The average Bonchev–Trinajstić information content (AvgIpc) is 2.40. The number of hydrogen-bond acceptors (Lipinski definition) is 4. The molecule has 6 heteroatoms. The van der Waals surface area contributed by atoms with Gasteiger partial charge in [-0.1, -0.05) is 27.7 Å². The Morgan fingerprint density at radius 2 is 1.57 bits per heavy atom. The van der Waals surface area contributed by atoms with Gasteiger partial charge in [0.05, 0.1) is 6.04 Å². The summed E-state index contributed by atoms with van der Waals surface area (Å²) in [5, 5.41) is 2.67. The van der Waals surface area contributed by atoms with Crippen molar-refractivity contribution in [3.8, 4) is 0 Å². The molecule has 0 rings (SSSR count). The molecule has 0 bridgehead atoms. The monoisotopic (exact) mass is 299 g/mol. The average molecular weight is 299 g/mol. The molecule has 2 amide bonds. The molecule has 0 spiro atoms. The van der Waals surface area contributed by atoms with Crippen molar-refractivity contribution in [1.29, 1.82) is 0 Å². The van der Waals surface area contributed by atoms with Crippen molar-refractivity contribution in [1.82, 2.24) is 10.2 Å². The number of rotatable bonds is 9. The van der Waals surface area contributed by atoms with Gasteiger partial charge in [-0.05, 0) is 6.92 Å². The van der Waals surface area contributed by atoms with Crippen molar-refractivity contribution in [2.24, 2.45) is 17.6 Å². The minimum Gasteiger partial charge on any atom is -0.353 e. The quantitative estimate of drug-likeness (QED) is 0.650. The van der Waals surface area contributed by atoms with Gasteiger partial charge < -0.3 is 16.0 Å². The lowest BCUT2D eigenvalue weighted by Crippen LogP contribution is -2.44. The lowest BCUT2D eigenvalue weighted by molar-refractivity contribution is -0.135. The van der Waals surface area contributed by atoms with E-state index in [9.17, 15) is 14.4 Å². The van der Waals surface area contributed by atoms with Crippen molar-refractivity contribution in [2.75, 3.05) is 19.6 Å². The molecule has 0 unspecified atom stereocenters. The molecule has 21 heavy (non-hydrogen) atoms. The third-order valence-corrected chi connectivity index (χ3v) is 3.17.